The zero-order valence-corrected chi connectivity index (χ0v) is 34.3. The molecule has 6 heterocycles. The van der Waals surface area contributed by atoms with Gasteiger partial charge in [0, 0.05) is 48.7 Å². The normalized spacial score (nSPS) is 24.8. The second-order valence-corrected chi connectivity index (χ2v) is 17.2. The van der Waals surface area contributed by atoms with Crippen molar-refractivity contribution in [2.24, 2.45) is 0 Å². The van der Waals surface area contributed by atoms with Crippen LogP contribution in [0.4, 0.5) is 17.6 Å². The Balaban J connectivity index is 0.879. The van der Waals surface area contributed by atoms with Gasteiger partial charge < -0.3 is 45.2 Å². The number of carbonyl (C=O) groups is 2. The first kappa shape index (κ1) is 42.3. The summed E-state index contributed by atoms with van der Waals surface area (Å²) >= 11 is 0. The monoisotopic (exact) mass is 842 g/mol. The number of imidazole rings is 1. The third kappa shape index (κ3) is 8.88. The molecule has 0 radical (unpaired) electrons. The molecule has 3 aliphatic rings. The van der Waals surface area contributed by atoms with E-state index < -0.39 is 49.5 Å². The van der Waals surface area contributed by atoms with Crippen LogP contribution in [0.1, 0.15) is 101 Å². The molecule has 0 bridgehead atoms. The molecule has 7 N–H and O–H groups in total. The van der Waals surface area contributed by atoms with Crippen molar-refractivity contribution in [2.45, 2.75) is 109 Å². The molecular formula is C38H51N8O12P. The minimum absolute atomic E-state index is 0.0378. The van der Waals surface area contributed by atoms with E-state index in [1.165, 1.54) is 10.6 Å². The number of anilines is 3. The van der Waals surface area contributed by atoms with Crippen molar-refractivity contribution in [3.8, 4) is 0 Å². The molecule has 2 fully saturated rings. The van der Waals surface area contributed by atoms with Crippen LogP contribution in [0.3, 0.4) is 0 Å². The van der Waals surface area contributed by atoms with Crippen LogP contribution < -0.4 is 32.5 Å². The highest BCUT2D eigenvalue weighted by molar-refractivity contribution is 7.47. The predicted octanol–water partition coefficient (Wildman–Crippen LogP) is 3.42. The van der Waals surface area contributed by atoms with Crippen LogP contribution >= 0.6 is 7.82 Å². The number of carbonyl (C=O) groups excluding carboxylic acids is 2. The lowest BCUT2D eigenvalue weighted by Gasteiger charge is -2.47. The molecule has 2 saturated heterocycles. The molecule has 59 heavy (non-hydrogen) atoms. The highest BCUT2D eigenvalue weighted by Gasteiger charge is 2.53. The number of aromatic nitrogens is 4. The van der Waals surface area contributed by atoms with Gasteiger partial charge in [0.1, 0.15) is 29.5 Å². The van der Waals surface area contributed by atoms with Crippen molar-refractivity contribution in [3.63, 3.8) is 0 Å². The van der Waals surface area contributed by atoms with Gasteiger partial charge in [-0.05, 0) is 70.1 Å². The number of nitrogens with one attached hydrogen (secondary N) is 3. The van der Waals surface area contributed by atoms with Crippen molar-refractivity contribution in [2.75, 3.05) is 48.8 Å². The Morgan fingerprint density at radius 1 is 1.12 bits per heavy atom. The molecule has 1 aromatic carbocycles. The average molecular weight is 843 g/mol. The summed E-state index contributed by atoms with van der Waals surface area (Å²) in [7, 11) is -4.37. The first-order chi connectivity index (χ1) is 28.1. The maximum Gasteiger partial charge on any atom is 0.472 e. The van der Waals surface area contributed by atoms with Crippen LogP contribution in [0.2, 0.25) is 0 Å². The molecule has 20 nitrogen and oxygen atoms in total. The Morgan fingerprint density at radius 2 is 1.88 bits per heavy atom. The van der Waals surface area contributed by atoms with Gasteiger partial charge in [0.25, 0.3) is 5.56 Å². The van der Waals surface area contributed by atoms with E-state index in [1.54, 1.807) is 6.92 Å². The number of rotatable bonds is 15. The second-order valence-electron chi connectivity index (χ2n) is 15.8. The van der Waals surface area contributed by atoms with Gasteiger partial charge in [-0.15, -0.1) is 0 Å². The molecule has 4 aromatic rings. The zero-order valence-electron chi connectivity index (χ0n) is 33.4. The molecule has 0 saturated carbocycles. The van der Waals surface area contributed by atoms with E-state index in [1.807, 2.05) is 12.1 Å². The topological polar surface area (TPSA) is 276 Å². The van der Waals surface area contributed by atoms with E-state index in [9.17, 15) is 33.7 Å². The average Bonchev–Trinajstić information content (AvgIpc) is 3.68. The summed E-state index contributed by atoms with van der Waals surface area (Å²) in [5.41, 5.74) is 6.56. The molecule has 7 rings (SSSR count). The van der Waals surface area contributed by atoms with Gasteiger partial charge >= 0.3 is 19.4 Å². The summed E-state index contributed by atoms with van der Waals surface area (Å²) in [5.74, 6) is -0.519. The van der Waals surface area contributed by atoms with Crippen LogP contribution in [0, 0.1) is 0 Å². The number of nitrogens with two attached hydrogens (primary N) is 1. The summed E-state index contributed by atoms with van der Waals surface area (Å²) in [6.07, 6.45) is 0.352. The summed E-state index contributed by atoms with van der Waals surface area (Å²) in [4.78, 5) is 73.5. The molecule has 320 valence electrons. The highest BCUT2D eigenvalue weighted by atomic mass is 31.2. The number of fused-ring (bicyclic) bond motifs is 4. The largest absolute Gasteiger partial charge is 0.472 e. The predicted molar refractivity (Wildman–Crippen MR) is 215 cm³/mol. The number of amides is 1. The molecule has 2 unspecified atom stereocenters. The van der Waals surface area contributed by atoms with Crippen molar-refractivity contribution in [3.05, 3.63) is 50.1 Å². The minimum Gasteiger partial charge on any atom is -0.462 e. The maximum absolute atomic E-state index is 12.8. The van der Waals surface area contributed by atoms with Crippen LogP contribution in [0.15, 0.2) is 32.2 Å². The number of aliphatic hydroxyl groups is 1. The fourth-order valence-corrected chi connectivity index (χ4v) is 9.27. The van der Waals surface area contributed by atoms with Gasteiger partial charge in [0.15, 0.2) is 17.4 Å². The number of aliphatic hydroxyl groups excluding tert-OH is 1. The summed E-state index contributed by atoms with van der Waals surface area (Å²) < 4.78 is 39.9. The number of phosphoric ester groups is 1. The second kappa shape index (κ2) is 17.0. The SMILES string of the molecule is CCOC(=O)c1cc2cc3c(cc2oc1=O)N(CCCC(=O)NCCCCCCNc1nc2c(=O)[nH]c(N)nc2n1[C@@H]1O[C@@H]2COP(=O)(O)O[C@H]2[C@H]1O)C(C)(C)CC3C. The van der Waals surface area contributed by atoms with Crippen molar-refractivity contribution >= 4 is 59.4 Å². The molecular weight excluding hydrogens is 791 g/mol. The number of phosphoric acid groups is 1. The molecule has 3 aliphatic heterocycles. The van der Waals surface area contributed by atoms with E-state index in [4.69, 9.17) is 28.7 Å². The first-order valence-electron chi connectivity index (χ1n) is 19.9. The van der Waals surface area contributed by atoms with Crippen LogP contribution in [-0.4, -0.2) is 98.1 Å². The number of aromatic amines is 1. The van der Waals surface area contributed by atoms with Gasteiger partial charge in [-0.3, -0.25) is 28.2 Å². The zero-order chi connectivity index (χ0) is 42.2. The lowest BCUT2D eigenvalue weighted by atomic mass is 9.79. The van der Waals surface area contributed by atoms with Gasteiger partial charge in [-0.25, -0.2) is 19.1 Å². The lowest BCUT2D eigenvalue weighted by molar-refractivity contribution is -0.121. The van der Waals surface area contributed by atoms with Crippen LogP contribution in [0.25, 0.3) is 22.1 Å². The standard InChI is InChI=1S/C38H51N8O12P/c1-5-54-34(50)23-16-21-15-22-20(2)18-38(3,4)45(24(22)17-25(21)57-35(23)51)14-10-11-27(47)40-12-8-6-7-9-13-41-37-42-28-31(43-36(39)44-32(28)49)46(37)33-29(48)30-26(56-33)19-55-59(52,53)58-30/h15-17,20,26,29-30,33,48H,5-14,18-19H2,1-4H3,(H,40,47)(H,41,42)(H,52,53)(H3,39,43,44,49)/t20?,26-,29-,30-,33-/m1/s1. The van der Waals surface area contributed by atoms with Crippen LogP contribution in [-0.2, 0) is 27.9 Å². The third-order valence-corrected chi connectivity index (χ3v) is 12.0. The Bertz CT molecular complexity index is 2400. The number of hydrogen-bond acceptors (Lipinski definition) is 16. The summed E-state index contributed by atoms with van der Waals surface area (Å²) in [6.45, 7) is 9.62. The smallest absolute Gasteiger partial charge is 0.462 e. The number of unbranched alkanes of at least 4 members (excludes halogenated alkanes) is 3. The fourth-order valence-electron chi connectivity index (χ4n) is 8.31. The maximum atomic E-state index is 12.8. The number of esters is 1. The van der Waals surface area contributed by atoms with Gasteiger partial charge in [-0.2, -0.15) is 4.98 Å². The molecule has 21 heteroatoms. The number of H-pyrrole nitrogens is 1. The Kier molecular flexibility index (Phi) is 12.2. The fraction of sp³-hybridized carbons (Fsp3) is 0.579. The quantitative estimate of drug-likeness (QED) is 0.0433. The van der Waals surface area contributed by atoms with Gasteiger partial charge in [-0.1, -0.05) is 19.8 Å². The highest BCUT2D eigenvalue weighted by Crippen LogP contribution is 2.53. The van der Waals surface area contributed by atoms with Crippen molar-refractivity contribution in [1.29, 1.82) is 0 Å². The summed E-state index contributed by atoms with van der Waals surface area (Å²) in [5, 5.41) is 17.9. The van der Waals surface area contributed by atoms with Crippen molar-refractivity contribution < 1.29 is 47.1 Å². The Hall–Kier alpha value is -4.85. The number of hydrogen-bond donors (Lipinski definition) is 6. The van der Waals surface area contributed by atoms with E-state index >= 15 is 0 Å². The summed E-state index contributed by atoms with van der Waals surface area (Å²) in [6, 6.07) is 5.38. The Morgan fingerprint density at radius 3 is 2.64 bits per heavy atom. The Labute approximate surface area is 338 Å². The van der Waals surface area contributed by atoms with Gasteiger partial charge in [0.2, 0.25) is 17.8 Å². The van der Waals surface area contributed by atoms with E-state index in [-0.39, 0.29) is 59.2 Å². The number of nitrogen functional groups attached to an aromatic ring is 1. The molecule has 0 spiro atoms. The number of nitrogens with zero attached hydrogens (tertiary/aromatic N) is 4. The van der Waals surface area contributed by atoms with Crippen molar-refractivity contribution in [1.82, 2.24) is 24.8 Å². The first-order valence-corrected chi connectivity index (χ1v) is 21.4. The lowest BCUT2D eigenvalue weighted by Crippen LogP contribution is -2.49. The number of ether oxygens (including phenoxy) is 2. The van der Waals surface area contributed by atoms with Crippen LogP contribution in [0.5, 0.6) is 0 Å². The molecule has 6 atom stereocenters. The number of benzene rings is 1. The van der Waals surface area contributed by atoms with Gasteiger partial charge in [0.05, 0.1) is 13.2 Å². The third-order valence-electron chi connectivity index (χ3n) is 11.0. The minimum atomic E-state index is -4.37. The molecule has 1 amide bonds. The molecule has 3 aromatic heterocycles. The molecule has 0 aliphatic carbocycles. The van der Waals surface area contributed by atoms with E-state index in [2.05, 4.69) is 51.3 Å². The van der Waals surface area contributed by atoms with E-state index in [0.29, 0.717) is 49.9 Å². The van der Waals surface area contributed by atoms with E-state index in [0.717, 1.165) is 36.9 Å².